The fourth-order valence-corrected chi connectivity index (χ4v) is 1.37. The van der Waals surface area contributed by atoms with Gasteiger partial charge in [0.25, 0.3) is 6.43 Å². The first-order valence-electron chi connectivity index (χ1n) is 5.62. The summed E-state index contributed by atoms with van der Waals surface area (Å²) in [5.41, 5.74) is 6.59. The van der Waals surface area contributed by atoms with Crippen LogP contribution >= 0.6 is 12.4 Å². The molecule has 1 rings (SSSR count). The zero-order valence-electron chi connectivity index (χ0n) is 10.9. The second-order valence-corrected chi connectivity index (χ2v) is 3.72. The Morgan fingerprint density at radius 3 is 2.70 bits per heavy atom. The molecule has 1 aromatic rings. The van der Waals surface area contributed by atoms with E-state index in [1.54, 1.807) is 18.2 Å². The fraction of sp³-hybridized carbons (Fsp3) is 0.417. The molecular weight excluding hydrogens is 294 g/mol. The van der Waals surface area contributed by atoms with Crippen LogP contribution in [0.5, 0.6) is 5.75 Å². The zero-order valence-corrected chi connectivity index (χ0v) is 11.7. The monoisotopic (exact) mass is 310 g/mol. The highest BCUT2D eigenvalue weighted by Crippen LogP contribution is 2.24. The van der Waals surface area contributed by atoms with Crippen molar-refractivity contribution >= 4 is 29.7 Å². The number of rotatable bonds is 7. The highest BCUT2D eigenvalue weighted by molar-refractivity contribution is 5.91. The number of hydrogen-bond acceptors (Lipinski definition) is 4. The van der Waals surface area contributed by atoms with E-state index >= 15 is 0 Å². The van der Waals surface area contributed by atoms with E-state index in [9.17, 15) is 13.6 Å². The second-order valence-electron chi connectivity index (χ2n) is 3.72. The molecule has 1 amide bonds. The lowest BCUT2D eigenvalue weighted by Crippen LogP contribution is -2.15. The molecule has 0 saturated carbocycles. The minimum Gasteiger partial charge on any atom is -0.495 e. The van der Waals surface area contributed by atoms with Gasteiger partial charge < -0.3 is 20.5 Å². The molecule has 0 saturated heterocycles. The summed E-state index contributed by atoms with van der Waals surface area (Å²) in [5.74, 6) is 0.178. The summed E-state index contributed by atoms with van der Waals surface area (Å²) in [6, 6.07) is 4.81. The average Bonchev–Trinajstić information content (AvgIpc) is 2.35. The second kappa shape index (κ2) is 9.33. The molecule has 1 aromatic carbocycles. The molecule has 5 nitrogen and oxygen atoms in total. The summed E-state index contributed by atoms with van der Waals surface area (Å²) in [7, 11) is 1.49. The summed E-state index contributed by atoms with van der Waals surface area (Å²) in [5, 5.41) is 2.58. The number of hydrogen-bond donors (Lipinski definition) is 2. The number of carbonyl (C=O) groups is 1. The van der Waals surface area contributed by atoms with Gasteiger partial charge in [-0.1, -0.05) is 0 Å². The van der Waals surface area contributed by atoms with E-state index in [4.69, 9.17) is 10.5 Å². The fourth-order valence-electron chi connectivity index (χ4n) is 1.37. The van der Waals surface area contributed by atoms with Crippen LogP contribution in [-0.2, 0) is 9.53 Å². The Morgan fingerprint density at radius 2 is 2.15 bits per heavy atom. The summed E-state index contributed by atoms with van der Waals surface area (Å²) >= 11 is 0. The Balaban J connectivity index is 0.00000361. The van der Waals surface area contributed by atoms with Crippen LogP contribution in [0, 0.1) is 0 Å². The van der Waals surface area contributed by atoms with Gasteiger partial charge in [-0.25, -0.2) is 8.78 Å². The van der Waals surface area contributed by atoms with Gasteiger partial charge in [-0.2, -0.15) is 0 Å². The number of amides is 1. The third-order valence-corrected chi connectivity index (χ3v) is 2.23. The van der Waals surface area contributed by atoms with Crippen LogP contribution in [0.1, 0.15) is 6.42 Å². The van der Waals surface area contributed by atoms with Crippen molar-refractivity contribution in [3.05, 3.63) is 18.2 Å². The number of ether oxygens (including phenoxy) is 2. The Hall–Kier alpha value is -1.60. The quantitative estimate of drug-likeness (QED) is 0.599. The van der Waals surface area contributed by atoms with Crippen molar-refractivity contribution in [2.24, 2.45) is 0 Å². The summed E-state index contributed by atoms with van der Waals surface area (Å²) in [6.45, 7) is -0.718. The third kappa shape index (κ3) is 6.53. The molecule has 20 heavy (non-hydrogen) atoms. The van der Waals surface area contributed by atoms with Gasteiger partial charge in [0.05, 0.1) is 25.8 Å². The van der Waals surface area contributed by atoms with Crippen LogP contribution in [-0.4, -0.2) is 32.7 Å². The summed E-state index contributed by atoms with van der Waals surface area (Å²) in [4.78, 5) is 11.5. The van der Waals surface area contributed by atoms with Gasteiger partial charge >= 0.3 is 0 Å². The number of methoxy groups -OCH3 is 1. The number of halogens is 3. The van der Waals surface area contributed by atoms with Gasteiger partial charge in [0, 0.05) is 5.69 Å². The first kappa shape index (κ1) is 18.4. The Labute approximate surface area is 121 Å². The summed E-state index contributed by atoms with van der Waals surface area (Å²) in [6.07, 6.45) is -2.52. The van der Waals surface area contributed by atoms with Crippen molar-refractivity contribution in [1.82, 2.24) is 0 Å². The number of alkyl halides is 2. The van der Waals surface area contributed by atoms with E-state index in [-0.39, 0.29) is 31.3 Å². The van der Waals surface area contributed by atoms with E-state index in [1.807, 2.05) is 0 Å². The molecule has 0 aliphatic heterocycles. The molecule has 0 heterocycles. The van der Waals surface area contributed by atoms with Gasteiger partial charge in [-0.05, 0) is 18.2 Å². The molecule has 0 spiro atoms. The lowest BCUT2D eigenvalue weighted by Gasteiger charge is -2.09. The largest absolute Gasteiger partial charge is 0.495 e. The third-order valence-electron chi connectivity index (χ3n) is 2.23. The number of benzene rings is 1. The van der Waals surface area contributed by atoms with Crippen molar-refractivity contribution in [1.29, 1.82) is 0 Å². The standard InChI is InChI=1S/C12H16F2N2O3.ClH/c1-18-10-3-2-8(6-9(10)15)16-12(17)4-5-19-7-11(13)14;/h2-3,6,11H,4-5,7,15H2,1H3,(H,16,17);1H. The lowest BCUT2D eigenvalue weighted by atomic mass is 10.2. The van der Waals surface area contributed by atoms with Crippen molar-refractivity contribution < 1.29 is 23.0 Å². The molecule has 0 aromatic heterocycles. The van der Waals surface area contributed by atoms with Crippen LogP contribution in [0.15, 0.2) is 18.2 Å². The molecule has 0 aliphatic carbocycles. The summed E-state index contributed by atoms with van der Waals surface area (Å²) < 4.78 is 33.1. The van der Waals surface area contributed by atoms with Crippen molar-refractivity contribution in [2.45, 2.75) is 12.8 Å². The topological polar surface area (TPSA) is 73.6 Å². The van der Waals surface area contributed by atoms with Gasteiger partial charge in [-0.3, -0.25) is 4.79 Å². The van der Waals surface area contributed by atoms with Gasteiger partial charge in [0.2, 0.25) is 5.91 Å². The van der Waals surface area contributed by atoms with E-state index in [2.05, 4.69) is 10.1 Å². The van der Waals surface area contributed by atoms with E-state index < -0.39 is 13.0 Å². The van der Waals surface area contributed by atoms with Crippen LogP contribution in [0.3, 0.4) is 0 Å². The van der Waals surface area contributed by atoms with Crippen LogP contribution in [0.2, 0.25) is 0 Å². The molecule has 0 radical (unpaired) electrons. The maximum atomic E-state index is 11.8. The van der Waals surface area contributed by atoms with Crippen molar-refractivity contribution in [2.75, 3.05) is 31.4 Å². The van der Waals surface area contributed by atoms with E-state index in [0.717, 1.165) is 0 Å². The Bertz CT molecular complexity index is 433. The van der Waals surface area contributed by atoms with Crippen LogP contribution in [0.25, 0.3) is 0 Å². The number of nitrogens with one attached hydrogen (secondary N) is 1. The lowest BCUT2D eigenvalue weighted by molar-refractivity contribution is -0.117. The highest BCUT2D eigenvalue weighted by atomic mass is 35.5. The number of anilines is 2. The SMILES string of the molecule is COc1ccc(NC(=O)CCOCC(F)F)cc1N.Cl. The normalized spacial score (nSPS) is 10.0. The predicted octanol–water partition coefficient (Wildman–Crippen LogP) is 2.31. The number of nitrogen functional groups attached to an aromatic ring is 1. The van der Waals surface area contributed by atoms with Crippen LogP contribution < -0.4 is 15.8 Å². The molecule has 114 valence electrons. The smallest absolute Gasteiger partial charge is 0.261 e. The first-order chi connectivity index (χ1) is 9.02. The molecule has 0 aliphatic rings. The van der Waals surface area contributed by atoms with Gasteiger partial charge in [-0.15, -0.1) is 12.4 Å². The van der Waals surface area contributed by atoms with E-state index in [1.165, 1.54) is 7.11 Å². The maximum absolute atomic E-state index is 11.8. The predicted molar refractivity (Wildman–Crippen MR) is 74.7 cm³/mol. The zero-order chi connectivity index (χ0) is 14.3. The minimum atomic E-state index is -2.52. The van der Waals surface area contributed by atoms with E-state index in [0.29, 0.717) is 17.1 Å². The number of nitrogens with two attached hydrogens (primary N) is 1. The maximum Gasteiger partial charge on any atom is 0.261 e. The molecule has 8 heteroatoms. The van der Waals surface area contributed by atoms with Crippen molar-refractivity contribution in [3.63, 3.8) is 0 Å². The highest BCUT2D eigenvalue weighted by Gasteiger charge is 2.06. The van der Waals surface area contributed by atoms with Crippen LogP contribution in [0.4, 0.5) is 20.2 Å². The Kier molecular flexibility index (Phi) is 8.58. The molecule has 0 atom stereocenters. The molecule has 3 N–H and O–H groups in total. The minimum absolute atomic E-state index is 0. The first-order valence-corrected chi connectivity index (χ1v) is 5.62. The molecule has 0 fully saturated rings. The Morgan fingerprint density at radius 1 is 1.45 bits per heavy atom. The van der Waals surface area contributed by atoms with Gasteiger partial charge in [0.1, 0.15) is 12.4 Å². The molecule has 0 bridgehead atoms. The number of carbonyl (C=O) groups excluding carboxylic acids is 1. The average molecular weight is 311 g/mol. The van der Waals surface area contributed by atoms with Crippen molar-refractivity contribution in [3.8, 4) is 5.75 Å². The molecular formula is C12H17ClF2N2O3. The van der Waals surface area contributed by atoms with Gasteiger partial charge in [0.15, 0.2) is 0 Å². The molecule has 0 unspecified atom stereocenters.